The highest BCUT2D eigenvalue weighted by atomic mass is 35.5. The van der Waals surface area contributed by atoms with Gasteiger partial charge in [-0.3, -0.25) is 9.59 Å². The zero-order valence-electron chi connectivity index (χ0n) is 21.6. The normalized spacial score (nSPS) is 10.8. The minimum absolute atomic E-state index is 0.195. The number of aromatic amines is 1. The average Bonchev–Trinajstić information content (AvgIpc) is 3.40. The van der Waals surface area contributed by atoms with Crippen molar-refractivity contribution in [3.63, 3.8) is 0 Å². The largest absolute Gasteiger partial charge is 0.508 e. The van der Waals surface area contributed by atoms with E-state index in [-0.39, 0.29) is 17.6 Å². The summed E-state index contributed by atoms with van der Waals surface area (Å²) >= 11 is 6.05. The van der Waals surface area contributed by atoms with E-state index in [1.54, 1.807) is 36.4 Å². The van der Waals surface area contributed by atoms with Crippen LogP contribution in [-0.4, -0.2) is 35.1 Å². The van der Waals surface area contributed by atoms with Crippen LogP contribution in [0.15, 0.2) is 97.1 Å². The van der Waals surface area contributed by atoms with Crippen molar-refractivity contribution in [2.75, 3.05) is 18.5 Å². The van der Waals surface area contributed by atoms with Crippen LogP contribution in [0.5, 0.6) is 11.5 Å². The second-order valence-corrected chi connectivity index (χ2v) is 9.77. The number of nitrogens with one attached hydrogen (secondary N) is 3. The van der Waals surface area contributed by atoms with Gasteiger partial charge in [-0.05, 0) is 72.1 Å². The van der Waals surface area contributed by atoms with Gasteiger partial charge in [0.25, 0.3) is 11.8 Å². The first-order chi connectivity index (χ1) is 19.4. The van der Waals surface area contributed by atoms with Crippen LogP contribution in [0.25, 0.3) is 10.9 Å². The first-order valence-electron chi connectivity index (χ1n) is 12.9. The summed E-state index contributed by atoms with van der Waals surface area (Å²) in [4.78, 5) is 29.1. The molecule has 0 radical (unpaired) electrons. The van der Waals surface area contributed by atoms with Crippen LogP contribution >= 0.6 is 11.6 Å². The molecule has 0 saturated heterocycles. The van der Waals surface area contributed by atoms with E-state index in [2.05, 4.69) is 15.6 Å². The van der Waals surface area contributed by atoms with Gasteiger partial charge in [-0.25, -0.2) is 0 Å². The van der Waals surface area contributed by atoms with Crippen molar-refractivity contribution in [3.8, 4) is 11.5 Å². The number of carbonyl (C=O) groups is 2. The first-order valence-corrected chi connectivity index (χ1v) is 13.3. The van der Waals surface area contributed by atoms with Gasteiger partial charge in [-0.1, -0.05) is 54.1 Å². The summed E-state index contributed by atoms with van der Waals surface area (Å²) < 4.78 is 6.06. The molecule has 0 aliphatic heterocycles. The number of hydrogen-bond donors (Lipinski definition) is 4. The molecular formula is C32H28ClN3O4. The van der Waals surface area contributed by atoms with E-state index in [0.29, 0.717) is 53.7 Å². The van der Waals surface area contributed by atoms with Crippen molar-refractivity contribution in [2.45, 2.75) is 12.8 Å². The first kappa shape index (κ1) is 26.8. The van der Waals surface area contributed by atoms with Crippen LogP contribution in [0.4, 0.5) is 5.69 Å². The molecule has 0 aliphatic carbocycles. The van der Waals surface area contributed by atoms with Gasteiger partial charge in [0.2, 0.25) is 0 Å². The summed E-state index contributed by atoms with van der Waals surface area (Å²) in [5.41, 5.74) is 4.15. The van der Waals surface area contributed by atoms with Crippen LogP contribution in [-0.2, 0) is 12.8 Å². The Bertz CT molecular complexity index is 1610. The summed E-state index contributed by atoms with van der Waals surface area (Å²) in [6.07, 6.45) is 1.21. The molecule has 5 aromatic rings. The lowest BCUT2D eigenvalue weighted by Gasteiger charge is -2.14. The number of rotatable bonds is 10. The van der Waals surface area contributed by atoms with Crippen LogP contribution < -0.4 is 15.4 Å². The van der Waals surface area contributed by atoms with Crippen LogP contribution in [0.1, 0.15) is 32.0 Å². The zero-order valence-corrected chi connectivity index (χ0v) is 22.4. The maximum absolute atomic E-state index is 13.1. The second-order valence-electron chi connectivity index (χ2n) is 9.34. The Balaban J connectivity index is 1.30. The van der Waals surface area contributed by atoms with E-state index in [0.717, 1.165) is 22.0 Å². The number of para-hydroxylation sites is 1. The Kier molecular flexibility index (Phi) is 8.32. The third kappa shape index (κ3) is 6.81. The number of benzene rings is 4. The van der Waals surface area contributed by atoms with Gasteiger partial charge in [0.1, 0.15) is 17.2 Å². The van der Waals surface area contributed by atoms with E-state index < -0.39 is 0 Å². The van der Waals surface area contributed by atoms with Crippen molar-refractivity contribution in [2.24, 2.45) is 0 Å². The molecule has 0 atom stereocenters. The van der Waals surface area contributed by atoms with Crippen LogP contribution in [0, 0.1) is 0 Å². The number of anilines is 1. The number of fused-ring (bicyclic) bond motifs is 1. The maximum atomic E-state index is 13.1. The summed E-state index contributed by atoms with van der Waals surface area (Å²) in [7, 11) is 0. The molecule has 0 bridgehead atoms. The molecule has 8 heteroatoms. The van der Waals surface area contributed by atoms with Gasteiger partial charge in [-0.15, -0.1) is 0 Å². The summed E-state index contributed by atoms with van der Waals surface area (Å²) in [6.45, 7) is 0.745. The molecule has 4 aromatic carbocycles. The molecule has 5 rings (SSSR count). The van der Waals surface area contributed by atoms with Gasteiger partial charge in [0.05, 0.1) is 12.3 Å². The minimum Gasteiger partial charge on any atom is -0.508 e. The van der Waals surface area contributed by atoms with Crippen LogP contribution in [0.2, 0.25) is 5.02 Å². The van der Waals surface area contributed by atoms with Crippen molar-refractivity contribution in [3.05, 3.63) is 124 Å². The van der Waals surface area contributed by atoms with Gasteiger partial charge < -0.3 is 25.5 Å². The molecule has 7 nitrogen and oxygen atoms in total. The fourth-order valence-corrected chi connectivity index (χ4v) is 4.54. The smallest absolute Gasteiger partial charge is 0.272 e. The van der Waals surface area contributed by atoms with Gasteiger partial charge in [0, 0.05) is 34.5 Å². The predicted octanol–water partition coefficient (Wildman–Crippen LogP) is 6.37. The number of H-pyrrole nitrogens is 1. The van der Waals surface area contributed by atoms with Gasteiger partial charge in [-0.2, -0.15) is 0 Å². The second kappa shape index (κ2) is 12.4. The monoisotopic (exact) mass is 553 g/mol. The predicted molar refractivity (Wildman–Crippen MR) is 157 cm³/mol. The molecule has 1 aromatic heterocycles. The van der Waals surface area contributed by atoms with E-state index in [1.165, 1.54) is 0 Å². The fourth-order valence-electron chi connectivity index (χ4n) is 4.33. The molecule has 40 heavy (non-hydrogen) atoms. The molecule has 0 aliphatic rings. The number of ether oxygens (including phenoxy) is 1. The lowest BCUT2D eigenvalue weighted by Crippen LogP contribution is -2.25. The van der Waals surface area contributed by atoms with Crippen molar-refractivity contribution < 1.29 is 19.4 Å². The third-order valence-electron chi connectivity index (χ3n) is 6.44. The summed E-state index contributed by atoms with van der Waals surface area (Å²) in [5, 5.41) is 16.9. The molecule has 1 heterocycles. The molecular weight excluding hydrogens is 526 g/mol. The van der Waals surface area contributed by atoms with Crippen LogP contribution in [0.3, 0.4) is 0 Å². The number of aromatic hydroxyl groups is 1. The average molecular weight is 554 g/mol. The zero-order chi connectivity index (χ0) is 27.9. The van der Waals surface area contributed by atoms with Gasteiger partial charge in [0.15, 0.2) is 0 Å². The van der Waals surface area contributed by atoms with Crippen molar-refractivity contribution in [1.29, 1.82) is 0 Å². The molecule has 0 fully saturated rings. The lowest BCUT2D eigenvalue weighted by molar-refractivity contribution is 0.0953. The molecule has 2 amide bonds. The number of halogens is 1. The number of phenolic OH excluding ortho intramolecular Hbond substituents is 1. The Labute approximate surface area is 236 Å². The Morgan fingerprint density at radius 1 is 0.825 bits per heavy atom. The number of amides is 2. The van der Waals surface area contributed by atoms with E-state index >= 15 is 0 Å². The molecule has 0 unspecified atom stereocenters. The molecule has 4 N–H and O–H groups in total. The van der Waals surface area contributed by atoms with E-state index in [4.69, 9.17) is 16.3 Å². The maximum Gasteiger partial charge on any atom is 0.272 e. The van der Waals surface area contributed by atoms with E-state index in [1.807, 2.05) is 60.7 Å². The topological polar surface area (TPSA) is 103 Å². The highest BCUT2D eigenvalue weighted by Crippen LogP contribution is 2.28. The Morgan fingerprint density at radius 3 is 2.45 bits per heavy atom. The standard InChI is InChI=1S/C32H28ClN3O4/c33-25-6-3-4-22(18-25)14-16-34-31(38)24-10-13-28(30(20-24)40-17-15-21-8-11-26(37)12-9-21)36-32(39)29-19-23-5-1-2-7-27(23)35-29/h1-13,18-20,35,37H,14-17H2,(H,34,38)(H,36,39). The van der Waals surface area contributed by atoms with E-state index in [9.17, 15) is 14.7 Å². The number of hydrogen-bond acceptors (Lipinski definition) is 4. The highest BCUT2D eigenvalue weighted by molar-refractivity contribution is 6.30. The quantitative estimate of drug-likeness (QED) is 0.161. The highest BCUT2D eigenvalue weighted by Gasteiger charge is 2.16. The molecule has 0 saturated carbocycles. The van der Waals surface area contributed by atoms with Gasteiger partial charge >= 0.3 is 0 Å². The number of aromatic nitrogens is 1. The third-order valence-corrected chi connectivity index (χ3v) is 6.67. The Morgan fingerprint density at radius 2 is 1.65 bits per heavy atom. The summed E-state index contributed by atoms with van der Waals surface area (Å²) in [5.74, 6) is 0.00339. The molecule has 0 spiro atoms. The Hall–Kier alpha value is -4.75. The fraction of sp³-hybridized carbons (Fsp3) is 0.125. The number of carbonyl (C=O) groups excluding carboxylic acids is 2. The molecule has 202 valence electrons. The summed E-state index contributed by atoms with van der Waals surface area (Å²) in [6, 6.07) is 28.8. The lowest BCUT2D eigenvalue weighted by atomic mass is 10.1. The minimum atomic E-state index is -0.321. The number of phenols is 1. The van der Waals surface area contributed by atoms with Crippen molar-refractivity contribution in [1.82, 2.24) is 10.3 Å². The SMILES string of the molecule is O=C(NCCc1cccc(Cl)c1)c1ccc(NC(=O)c2cc3ccccc3[nH]2)c(OCCc2ccc(O)cc2)c1. The van der Waals surface area contributed by atoms with Crippen molar-refractivity contribution >= 4 is 40.0 Å².